The van der Waals surface area contributed by atoms with E-state index in [4.69, 9.17) is 5.73 Å². The summed E-state index contributed by atoms with van der Waals surface area (Å²) in [7, 11) is -3.16. The van der Waals surface area contributed by atoms with Crippen LogP contribution in [0.1, 0.15) is 33.3 Å². The van der Waals surface area contributed by atoms with Gasteiger partial charge >= 0.3 is 0 Å². The number of amides is 1. The van der Waals surface area contributed by atoms with Crippen LogP contribution in [0.3, 0.4) is 0 Å². The number of sulfone groups is 1. The number of carbonyl (C=O) groups is 1. The molecule has 1 rings (SSSR count). The van der Waals surface area contributed by atoms with Gasteiger partial charge in [-0.1, -0.05) is 12.1 Å². The standard InChI is InChI=1S/C14H22N2O3S/c1-10(2)20(18,19)9-11-6-5-7-12(8-11)16-13(17)14(3,4)15/h5-8,10H,9,15H2,1-4H3,(H,16,17). The Bertz CT molecular complexity index is 587. The summed E-state index contributed by atoms with van der Waals surface area (Å²) in [6.45, 7) is 6.51. The van der Waals surface area contributed by atoms with Gasteiger partial charge in [-0.15, -0.1) is 0 Å². The fourth-order valence-electron chi connectivity index (χ4n) is 1.43. The van der Waals surface area contributed by atoms with E-state index in [1.807, 2.05) is 0 Å². The average Bonchev–Trinajstić information content (AvgIpc) is 2.27. The van der Waals surface area contributed by atoms with Crippen molar-refractivity contribution in [2.75, 3.05) is 5.32 Å². The molecular weight excluding hydrogens is 276 g/mol. The monoisotopic (exact) mass is 298 g/mol. The second-order valence-electron chi connectivity index (χ2n) is 5.73. The molecule has 3 N–H and O–H groups in total. The topological polar surface area (TPSA) is 89.3 Å². The zero-order chi connectivity index (χ0) is 15.6. The molecule has 0 fully saturated rings. The number of nitrogens with two attached hydrogens (primary N) is 1. The minimum absolute atomic E-state index is 0.0413. The Hall–Kier alpha value is -1.40. The fourth-order valence-corrected chi connectivity index (χ4v) is 2.41. The van der Waals surface area contributed by atoms with Gasteiger partial charge in [0.1, 0.15) is 0 Å². The molecule has 0 aliphatic carbocycles. The third-order valence-electron chi connectivity index (χ3n) is 2.86. The van der Waals surface area contributed by atoms with E-state index in [0.717, 1.165) is 0 Å². The Labute approximate surface area is 120 Å². The molecule has 0 heterocycles. The number of carbonyl (C=O) groups excluding carboxylic acids is 1. The van der Waals surface area contributed by atoms with E-state index in [2.05, 4.69) is 5.32 Å². The van der Waals surface area contributed by atoms with Gasteiger partial charge in [0.15, 0.2) is 9.84 Å². The fraction of sp³-hybridized carbons (Fsp3) is 0.500. The van der Waals surface area contributed by atoms with Crippen molar-refractivity contribution in [3.8, 4) is 0 Å². The van der Waals surface area contributed by atoms with Crippen molar-refractivity contribution >= 4 is 21.4 Å². The first-order valence-corrected chi connectivity index (χ1v) is 8.15. The van der Waals surface area contributed by atoms with Crippen LogP contribution in [0.2, 0.25) is 0 Å². The molecule has 1 amide bonds. The van der Waals surface area contributed by atoms with Crippen molar-refractivity contribution in [1.29, 1.82) is 0 Å². The zero-order valence-corrected chi connectivity index (χ0v) is 13.1. The lowest BCUT2D eigenvalue weighted by molar-refractivity contribution is -0.120. The van der Waals surface area contributed by atoms with Crippen LogP contribution in [0.4, 0.5) is 5.69 Å². The van der Waals surface area contributed by atoms with Gasteiger partial charge in [0, 0.05) is 5.69 Å². The maximum absolute atomic E-state index is 11.9. The SMILES string of the molecule is CC(C)S(=O)(=O)Cc1cccc(NC(=O)C(C)(C)N)c1. The predicted molar refractivity (Wildman–Crippen MR) is 81.1 cm³/mol. The third kappa shape index (κ3) is 4.61. The summed E-state index contributed by atoms with van der Waals surface area (Å²) in [5.41, 5.74) is 5.90. The largest absolute Gasteiger partial charge is 0.325 e. The van der Waals surface area contributed by atoms with Crippen molar-refractivity contribution in [3.05, 3.63) is 29.8 Å². The van der Waals surface area contributed by atoms with Crippen LogP contribution < -0.4 is 11.1 Å². The number of anilines is 1. The molecule has 0 aromatic heterocycles. The van der Waals surface area contributed by atoms with Gasteiger partial charge in [-0.25, -0.2) is 8.42 Å². The van der Waals surface area contributed by atoms with Crippen LogP contribution in [0, 0.1) is 0 Å². The Morgan fingerprint density at radius 2 is 1.95 bits per heavy atom. The number of nitrogens with one attached hydrogen (secondary N) is 1. The highest BCUT2D eigenvalue weighted by atomic mass is 32.2. The Kier molecular flexibility index (Phi) is 4.94. The summed E-state index contributed by atoms with van der Waals surface area (Å²) in [5, 5.41) is 2.25. The predicted octanol–water partition coefficient (Wildman–Crippen LogP) is 1.69. The van der Waals surface area contributed by atoms with E-state index in [1.165, 1.54) is 0 Å². The molecule has 0 aliphatic heterocycles. The van der Waals surface area contributed by atoms with Crippen LogP contribution in [0.25, 0.3) is 0 Å². The highest BCUT2D eigenvalue weighted by Crippen LogP contribution is 2.16. The maximum atomic E-state index is 11.9. The first-order valence-electron chi connectivity index (χ1n) is 6.43. The smallest absolute Gasteiger partial charge is 0.243 e. The lowest BCUT2D eigenvalue weighted by Crippen LogP contribution is -2.45. The summed E-state index contributed by atoms with van der Waals surface area (Å²) in [6.07, 6.45) is 0. The second kappa shape index (κ2) is 5.93. The number of hydrogen-bond donors (Lipinski definition) is 2. The Morgan fingerprint density at radius 3 is 2.45 bits per heavy atom. The molecule has 5 nitrogen and oxygen atoms in total. The highest BCUT2D eigenvalue weighted by Gasteiger charge is 2.22. The van der Waals surface area contributed by atoms with Crippen molar-refractivity contribution in [2.24, 2.45) is 5.73 Å². The van der Waals surface area contributed by atoms with E-state index in [1.54, 1.807) is 52.0 Å². The normalized spacial score (nSPS) is 12.5. The number of benzene rings is 1. The number of hydrogen-bond acceptors (Lipinski definition) is 4. The Morgan fingerprint density at radius 1 is 1.35 bits per heavy atom. The molecule has 0 aliphatic rings. The van der Waals surface area contributed by atoms with Gasteiger partial charge in [-0.05, 0) is 45.4 Å². The van der Waals surface area contributed by atoms with E-state index >= 15 is 0 Å². The molecule has 0 radical (unpaired) electrons. The summed E-state index contributed by atoms with van der Waals surface area (Å²) in [4.78, 5) is 11.8. The van der Waals surface area contributed by atoms with Crippen molar-refractivity contribution in [1.82, 2.24) is 0 Å². The molecule has 112 valence electrons. The van der Waals surface area contributed by atoms with Crippen LogP contribution in [-0.2, 0) is 20.4 Å². The lowest BCUT2D eigenvalue weighted by Gasteiger charge is -2.18. The number of rotatable bonds is 5. The first-order chi connectivity index (χ1) is 9.02. The van der Waals surface area contributed by atoms with E-state index in [9.17, 15) is 13.2 Å². The molecule has 0 saturated heterocycles. The van der Waals surface area contributed by atoms with Crippen LogP contribution in [-0.4, -0.2) is 25.1 Å². The van der Waals surface area contributed by atoms with Crippen molar-refractivity contribution in [2.45, 2.75) is 44.2 Å². The average molecular weight is 298 g/mol. The van der Waals surface area contributed by atoms with E-state index in [0.29, 0.717) is 11.3 Å². The van der Waals surface area contributed by atoms with Crippen molar-refractivity contribution < 1.29 is 13.2 Å². The van der Waals surface area contributed by atoms with Crippen LogP contribution >= 0.6 is 0 Å². The van der Waals surface area contributed by atoms with Crippen LogP contribution in [0.5, 0.6) is 0 Å². The molecule has 0 saturated carbocycles. The molecule has 6 heteroatoms. The van der Waals surface area contributed by atoms with E-state index in [-0.39, 0.29) is 11.7 Å². The summed E-state index contributed by atoms with van der Waals surface area (Å²) < 4.78 is 23.8. The minimum atomic E-state index is -3.16. The first kappa shape index (κ1) is 16.7. The van der Waals surface area contributed by atoms with Crippen LogP contribution in [0.15, 0.2) is 24.3 Å². The summed E-state index contributed by atoms with van der Waals surface area (Å²) in [6, 6.07) is 6.80. The van der Waals surface area contributed by atoms with Gasteiger partial charge < -0.3 is 11.1 Å². The molecule has 0 spiro atoms. The van der Waals surface area contributed by atoms with Crippen molar-refractivity contribution in [3.63, 3.8) is 0 Å². The molecule has 0 bridgehead atoms. The summed E-state index contributed by atoms with van der Waals surface area (Å²) in [5.74, 6) is -0.359. The van der Waals surface area contributed by atoms with Gasteiger partial charge in [0.05, 0.1) is 16.5 Å². The quantitative estimate of drug-likeness (QED) is 0.865. The molecular formula is C14H22N2O3S. The summed E-state index contributed by atoms with van der Waals surface area (Å²) >= 11 is 0. The van der Waals surface area contributed by atoms with E-state index < -0.39 is 20.6 Å². The van der Waals surface area contributed by atoms with Gasteiger partial charge in [0.25, 0.3) is 0 Å². The van der Waals surface area contributed by atoms with Gasteiger partial charge in [0.2, 0.25) is 5.91 Å². The maximum Gasteiger partial charge on any atom is 0.243 e. The zero-order valence-electron chi connectivity index (χ0n) is 12.3. The van der Waals surface area contributed by atoms with Gasteiger partial charge in [-0.2, -0.15) is 0 Å². The minimum Gasteiger partial charge on any atom is -0.325 e. The van der Waals surface area contributed by atoms with Gasteiger partial charge in [-0.3, -0.25) is 4.79 Å². The molecule has 0 atom stereocenters. The second-order valence-corrected chi connectivity index (χ2v) is 8.29. The molecule has 0 unspecified atom stereocenters. The Balaban J connectivity index is 2.90. The molecule has 1 aromatic carbocycles. The molecule has 1 aromatic rings. The molecule has 20 heavy (non-hydrogen) atoms. The lowest BCUT2D eigenvalue weighted by atomic mass is 10.1. The highest BCUT2D eigenvalue weighted by molar-refractivity contribution is 7.91. The third-order valence-corrected chi connectivity index (χ3v) is 5.03.